The largest absolute Gasteiger partial charge is 0.454 e. The lowest BCUT2D eigenvalue weighted by Crippen LogP contribution is -2.12. The van der Waals surface area contributed by atoms with Gasteiger partial charge in [-0.25, -0.2) is 9.97 Å². The van der Waals surface area contributed by atoms with Gasteiger partial charge >= 0.3 is 6.18 Å². The quantitative estimate of drug-likeness (QED) is 0.374. The molecule has 138 valence electrons. The van der Waals surface area contributed by atoms with Gasteiger partial charge in [-0.05, 0) is 24.3 Å². The summed E-state index contributed by atoms with van der Waals surface area (Å²) in [7, 11) is 0. The van der Waals surface area contributed by atoms with Gasteiger partial charge in [-0.3, -0.25) is 4.79 Å². The summed E-state index contributed by atoms with van der Waals surface area (Å²) in [4.78, 5) is 19.6. The van der Waals surface area contributed by atoms with Crippen molar-refractivity contribution in [3.63, 3.8) is 0 Å². The number of fused-ring (bicyclic) bond motifs is 2. The topological polar surface area (TPSA) is 61.3 Å². The van der Waals surface area contributed by atoms with Crippen LogP contribution in [-0.2, 0) is 6.18 Å². The first-order valence-corrected chi connectivity index (χ1v) is 8.80. The van der Waals surface area contributed by atoms with Crippen molar-refractivity contribution in [3.05, 3.63) is 53.9 Å². The number of para-hydroxylation sites is 1. The van der Waals surface area contributed by atoms with Crippen LogP contribution in [0.25, 0.3) is 10.9 Å². The molecule has 0 amide bonds. The Balaban J connectivity index is 1.60. The Bertz CT molecular complexity index is 1040. The Labute approximate surface area is 155 Å². The predicted octanol–water partition coefficient (Wildman–Crippen LogP) is 4.35. The van der Waals surface area contributed by atoms with E-state index < -0.39 is 12.0 Å². The number of alkyl halides is 3. The number of aromatic nitrogens is 2. The maximum absolute atomic E-state index is 13.1. The van der Waals surface area contributed by atoms with Crippen molar-refractivity contribution in [2.45, 2.75) is 11.2 Å². The molecule has 0 saturated heterocycles. The fraction of sp³-hybridized carbons (Fsp3) is 0.167. The molecule has 4 rings (SSSR count). The van der Waals surface area contributed by atoms with Crippen LogP contribution in [0.5, 0.6) is 11.5 Å². The Morgan fingerprint density at radius 3 is 2.67 bits per heavy atom. The Morgan fingerprint density at radius 2 is 1.85 bits per heavy atom. The number of nitrogens with zero attached hydrogens (tertiary/aromatic N) is 2. The molecule has 0 unspecified atom stereocenters. The molecular weight excluding hydrogens is 381 g/mol. The van der Waals surface area contributed by atoms with Gasteiger partial charge in [-0.1, -0.05) is 30.0 Å². The highest BCUT2D eigenvalue weighted by atomic mass is 32.2. The summed E-state index contributed by atoms with van der Waals surface area (Å²) in [6.45, 7) is 0.0921. The first kappa shape index (κ1) is 17.6. The molecule has 0 bridgehead atoms. The van der Waals surface area contributed by atoms with Crippen molar-refractivity contribution in [3.8, 4) is 11.5 Å². The molecule has 1 aliphatic heterocycles. The number of hydrogen-bond acceptors (Lipinski definition) is 6. The van der Waals surface area contributed by atoms with Gasteiger partial charge < -0.3 is 9.47 Å². The van der Waals surface area contributed by atoms with Crippen molar-refractivity contribution in [1.29, 1.82) is 0 Å². The minimum atomic E-state index is -4.67. The van der Waals surface area contributed by atoms with Gasteiger partial charge in [-0.15, -0.1) is 0 Å². The minimum absolute atomic E-state index is 0.0715. The highest BCUT2D eigenvalue weighted by molar-refractivity contribution is 8.00. The third-order valence-corrected chi connectivity index (χ3v) is 4.85. The summed E-state index contributed by atoms with van der Waals surface area (Å²) in [5.41, 5.74) is 0.569. The van der Waals surface area contributed by atoms with E-state index in [9.17, 15) is 18.0 Å². The number of halogens is 3. The SMILES string of the molecule is O=C(CSc1nc(C(F)(F)F)nc2ccccc12)c1ccc2c(c1)OCO2. The van der Waals surface area contributed by atoms with Crippen molar-refractivity contribution in [1.82, 2.24) is 9.97 Å². The van der Waals surface area contributed by atoms with E-state index in [2.05, 4.69) is 9.97 Å². The van der Waals surface area contributed by atoms with E-state index in [1.54, 1.807) is 36.4 Å². The monoisotopic (exact) mass is 392 g/mol. The van der Waals surface area contributed by atoms with Gasteiger partial charge in [0.15, 0.2) is 17.3 Å². The molecule has 0 aliphatic carbocycles. The second-order valence-corrected chi connectivity index (χ2v) is 6.61. The van der Waals surface area contributed by atoms with Crippen LogP contribution < -0.4 is 9.47 Å². The average molecular weight is 392 g/mol. The van der Waals surface area contributed by atoms with E-state index in [0.29, 0.717) is 22.4 Å². The van der Waals surface area contributed by atoms with Crippen molar-refractivity contribution >= 4 is 28.4 Å². The van der Waals surface area contributed by atoms with E-state index in [4.69, 9.17) is 9.47 Å². The molecule has 2 heterocycles. The van der Waals surface area contributed by atoms with Crippen LogP contribution in [0.1, 0.15) is 16.2 Å². The van der Waals surface area contributed by atoms with Crippen LogP contribution in [0.3, 0.4) is 0 Å². The van der Waals surface area contributed by atoms with E-state index in [0.717, 1.165) is 11.8 Å². The third-order valence-electron chi connectivity index (χ3n) is 3.86. The van der Waals surface area contributed by atoms with Crippen LogP contribution in [0.2, 0.25) is 0 Å². The summed E-state index contributed by atoms with van der Waals surface area (Å²) in [5, 5.41) is 0.580. The van der Waals surface area contributed by atoms with Gasteiger partial charge in [0.2, 0.25) is 12.6 Å². The molecule has 9 heteroatoms. The number of ketones is 1. The smallest absolute Gasteiger partial charge is 0.451 e. The van der Waals surface area contributed by atoms with Gasteiger partial charge in [0.25, 0.3) is 0 Å². The molecule has 1 aliphatic rings. The summed E-state index contributed by atoms with van der Waals surface area (Å²) >= 11 is 0.944. The van der Waals surface area contributed by atoms with Gasteiger partial charge in [0, 0.05) is 10.9 Å². The van der Waals surface area contributed by atoms with Crippen molar-refractivity contribution in [2.75, 3.05) is 12.5 Å². The number of rotatable bonds is 4. The highest BCUT2D eigenvalue weighted by Gasteiger charge is 2.35. The maximum Gasteiger partial charge on any atom is 0.451 e. The molecule has 27 heavy (non-hydrogen) atoms. The number of thioether (sulfide) groups is 1. The molecule has 0 spiro atoms. The van der Waals surface area contributed by atoms with Crippen LogP contribution in [0.4, 0.5) is 13.2 Å². The molecule has 0 atom stereocenters. The first-order chi connectivity index (χ1) is 12.9. The molecule has 5 nitrogen and oxygen atoms in total. The van der Waals surface area contributed by atoms with Crippen LogP contribution in [-0.4, -0.2) is 28.3 Å². The van der Waals surface area contributed by atoms with Crippen LogP contribution in [0.15, 0.2) is 47.5 Å². The molecule has 3 aromatic rings. The second kappa shape index (κ2) is 6.73. The highest BCUT2D eigenvalue weighted by Crippen LogP contribution is 2.34. The number of carbonyl (C=O) groups excluding carboxylic acids is 1. The lowest BCUT2D eigenvalue weighted by atomic mass is 10.1. The third kappa shape index (κ3) is 3.55. The fourth-order valence-corrected chi connectivity index (χ4v) is 3.49. The van der Waals surface area contributed by atoms with E-state index in [1.807, 2.05) is 0 Å². The standard InChI is InChI=1S/C18H11F3N2O3S/c19-18(20,21)17-22-12-4-2-1-3-11(12)16(23-17)27-8-13(24)10-5-6-14-15(7-10)26-9-25-14/h1-7H,8-9H2. The Hall–Kier alpha value is -2.81. The number of Topliss-reactive ketones (excluding diaryl/α,β-unsaturated/α-hetero) is 1. The molecule has 0 N–H and O–H groups in total. The molecule has 0 radical (unpaired) electrons. The number of ether oxygens (including phenoxy) is 2. The molecular formula is C18H11F3N2O3S. The van der Waals surface area contributed by atoms with E-state index in [1.165, 1.54) is 6.07 Å². The van der Waals surface area contributed by atoms with Crippen molar-refractivity contribution < 1.29 is 27.4 Å². The summed E-state index contributed by atoms with van der Waals surface area (Å²) in [5.74, 6) is -0.528. The zero-order chi connectivity index (χ0) is 19.0. The van der Waals surface area contributed by atoms with Gasteiger partial charge in [0.05, 0.1) is 11.3 Å². The summed E-state index contributed by atoms with van der Waals surface area (Å²) < 4.78 is 49.6. The summed E-state index contributed by atoms with van der Waals surface area (Å²) in [6.07, 6.45) is -4.67. The number of hydrogen-bond donors (Lipinski definition) is 0. The normalized spacial score (nSPS) is 13.1. The lowest BCUT2D eigenvalue weighted by molar-refractivity contribution is -0.145. The predicted molar refractivity (Wildman–Crippen MR) is 92.2 cm³/mol. The summed E-state index contributed by atoms with van der Waals surface area (Å²) in [6, 6.07) is 11.2. The zero-order valence-electron chi connectivity index (χ0n) is 13.6. The maximum atomic E-state index is 13.1. The van der Waals surface area contributed by atoms with E-state index in [-0.39, 0.29) is 28.9 Å². The fourth-order valence-electron chi connectivity index (χ4n) is 2.57. The molecule has 1 aromatic heterocycles. The first-order valence-electron chi connectivity index (χ1n) is 7.81. The van der Waals surface area contributed by atoms with E-state index >= 15 is 0 Å². The minimum Gasteiger partial charge on any atom is -0.454 e. The van der Waals surface area contributed by atoms with Crippen molar-refractivity contribution in [2.24, 2.45) is 0 Å². The Kier molecular flexibility index (Phi) is 4.39. The molecule has 0 fully saturated rings. The van der Waals surface area contributed by atoms with Gasteiger partial charge in [-0.2, -0.15) is 13.2 Å². The Morgan fingerprint density at radius 1 is 1.07 bits per heavy atom. The molecule has 2 aromatic carbocycles. The molecule has 0 saturated carbocycles. The lowest BCUT2D eigenvalue weighted by Gasteiger charge is -2.10. The number of carbonyl (C=O) groups is 1. The van der Waals surface area contributed by atoms with Crippen LogP contribution in [0, 0.1) is 0 Å². The average Bonchev–Trinajstić information content (AvgIpc) is 3.12. The van der Waals surface area contributed by atoms with Gasteiger partial charge in [0.1, 0.15) is 5.03 Å². The second-order valence-electron chi connectivity index (χ2n) is 5.65. The zero-order valence-corrected chi connectivity index (χ0v) is 14.4. The van der Waals surface area contributed by atoms with Crippen LogP contribution >= 0.6 is 11.8 Å². The number of benzene rings is 2.